The van der Waals surface area contributed by atoms with Crippen LogP contribution in [0.25, 0.3) is 0 Å². The van der Waals surface area contributed by atoms with E-state index in [1.165, 1.54) is 12.1 Å². The van der Waals surface area contributed by atoms with Crippen LogP contribution in [0.5, 0.6) is 5.75 Å². The lowest BCUT2D eigenvalue weighted by atomic mass is 10.1. The van der Waals surface area contributed by atoms with Crippen LogP contribution < -0.4 is 0 Å². The Morgan fingerprint density at radius 3 is 2.67 bits per heavy atom. The van der Waals surface area contributed by atoms with E-state index in [-0.39, 0.29) is 5.75 Å². The van der Waals surface area contributed by atoms with E-state index in [1.54, 1.807) is 18.2 Å². The molecule has 2 nitrogen and oxygen atoms in total. The standard InChI is InChI=1S/C10H10O2/c1-2-5-9(11)8-6-3-4-7-10(8)12/h3-7,9,11-12H,1H2. The Morgan fingerprint density at radius 1 is 1.42 bits per heavy atom. The van der Waals surface area contributed by atoms with Gasteiger partial charge in [-0.15, -0.1) is 5.73 Å². The number of hydrogen-bond acceptors (Lipinski definition) is 2. The van der Waals surface area contributed by atoms with Crippen LogP contribution in [-0.2, 0) is 0 Å². The zero-order valence-electron chi connectivity index (χ0n) is 6.57. The summed E-state index contributed by atoms with van der Waals surface area (Å²) in [5.74, 6) is 0.0801. The summed E-state index contributed by atoms with van der Waals surface area (Å²) in [5, 5.41) is 18.7. The van der Waals surface area contributed by atoms with Gasteiger partial charge in [0, 0.05) is 5.56 Å². The molecule has 0 fully saturated rings. The van der Waals surface area contributed by atoms with Gasteiger partial charge in [0.05, 0.1) is 0 Å². The third kappa shape index (κ3) is 1.76. The van der Waals surface area contributed by atoms with Crippen molar-refractivity contribution < 1.29 is 10.2 Å². The fourth-order valence-electron chi connectivity index (χ4n) is 0.939. The van der Waals surface area contributed by atoms with E-state index >= 15 is 0 Å². The molecule has 0 saturated carbocycles. The second kappa shape index (κ2) is 3.77. The van der Waals surface area contributed by atoms with Crippen molar-refractivity contribution in [1.82, 2.24) is 0 Å². The molecule has 0 heterocycles. The first kappa shape index (κ1) is 8.60. The monoisotopic (exact) mass is 162 g/mol. The minimum absolute atomic E-state index is 0.0801. The highest BCUT2D eigenvalue weighted by Gasteiger charge is 2.06. The smallest absolute Gasteiger partial charge is 0.121 e. The van der Waals surface area contributed by atoms with Gasteiger partial charge >= 0.3 is 0 Å². The van der Waals surface area contributed by atoms with Gasteiger partial charge in [-0.1, -0.05) is 24.8 Å². The Balaban J connectivity index is 3.02. The Hall–Kier alpha value is -1.50. The van der Waals surface area contributed by atoms with Crippen LogP contribution in [0.15, 0.2) is 42.7 Å². The van der Waals surface area contributed by atoms with Crippen molar-refractivity contribution in [3.63, 3.8) is 0 Å². The summed E-state index contributed by atoms with van der Waals surface area (Å²) in [7, 11) is 0. The molecule has 0 aliphatic heterocycles. The van der Waals surface area contributed by atoms with E-state index in [9.17, 15) is 10.2 Å². The molecule has 1 aromatic rings. The Morgan fingerprint density at radius 2 is 2.08 bits per heavy atom. The number of rotatable bonds is 2. The number of aromatic hydroxyl groups is 1. The van der Waals surface area contributed by atoms with Crippen LogP contribution in [0.1, 0.15) is 11.7 Å². The van der Waals surface area contributed by atoms with Crippen molar-refractivity contribution in [2.75, 3.05) is 0 Å². The molecule has 0 aliphatic carbocycles. The van der Waals surface area contributed by atoms with E-state index < -0.39 is 6.10 Å². The van der Waals surface area contributed by atoms with Gasteiger partial charge < -0.3 is 10.2 Å². The van der Waals surface area contributed by atoms with E-state index in [4.69, 9.17) is 0 Å². The maximum atomic E-state index is 9.38. The Labute approximate surface area is 71.1 Å². The second-order valence-corrected chi connectivity index (χ2v) is 2.37. The maximum absolute atomic E-state index is 9.38. The van der Waals surface area contributed by atoms with Crippen molar-refractivity contribution in [3.05, 3.63) is 48.2 Å². The third-order valence-corrected chi connectivity index (χ3v) is 1.53. The molecule has 2 N–H and O–H groups in total. The highest BCUT2D eigenvalue weighted by atomic mass is 16.3. The minimum Gasteiger partial charge on any atom is -0.508 e. The summed E-state index contributed by atoms with van der Waals surface area (Å²) in [5.41, 5.74) is 2.92. The van der Waals surface area contributed by atoms with Gasteiger partial charge in [-0.05, 0) is 12.1 Å². The van der Waals surface area contributed by atoms with Gasteiger partial charge in [-0.25, -0.2) is 0 Å². The van der Waals surface area contributed by atoms with Crippen molar-refractivity contribution in [3.8, 4) is 5.75 Å². The molecular formula is C10H10O2. The molecule has 1 aromatic carbocycles. The molecule has 0 saturated heterocycles. The van der Waals surface area contributed by atoms with Crippen LogP contribution in [0.3, 0.4) is 0 Å². The third-order valence-electron chi connectivity index (χ3n) is 1.53. The topological polar surface area (TPSA) is 40.5 Å². The summed E-state index contributed by atoms with van der Waals surface area (Å²) < 4.78 is 0. The highest BCUT2D eigenvalue weighted by molar-refractivity contribution is 5.35. The Kier molecular flexibility index (Phi) is 2.70. The first-order chi connectivity index (χ1) is 5.75. The molecule has 1 unspecified atom stereocenters. The molecule has 0 aromatic heterocycles. The quantitative estimate of drug-likeness (QED) is 0.650. The van der Waals surface area contributed by atoms with Crippen molar-refractivity contribution in [2.24, 2.45) is 0 Å². The normalized spacial score (nSPS) is 11.8. The minimum atomic E-state index is -0.830. The molecule has 1 rings (SSSR count). The Bertz CT molecular complexity index is 311. The lowest BCUT2D eigenvalue weighted by Gasteiger charge is -2.06. The van der Waals surface area contributed by atoms with Crippen LogP contribution in [0, 0.1) is 0 Å². The number of phenolic OH excluding ortho intramolecular Hbond substituents is 1. The van der Waals surface area contributed by atoms with Crippen molar-refractivity contribution in [2.45, 2.75) is 6.10 Å². The molecule has 12 heavy (non-hydrogen) atoms. The predicted octanol–water partition coefficient (Wildman–Crippen LogP) is 1.77. The average molecular weight is 162 g/mol. The zero-order valence-corrected chi connectivity index (χ0v) is 6.57. The van der Waals surface area contributed by atoms with Gasteiger partial charge in [-0.3, -0.25) is 0 Å². The molecule has 62 valence electrons. The molecule has 0 bridgehead atoms. The predicted molar refractivity (Wildman–Crippen MR) is 46.8 cm³/mol. The van der Waals surface area contributed by atoms with E-state index in [1.807, 2.05) is 0 Å². The van der Waals surface area contributed by atoms with E-state index in [0.29, 0.717) is 5.56 Å². The number of aliphatic hydroxyl groups is 1. The second-order valence-electron chi connectivity index (χ2n) is 2.37. The van der Waals surface area contributed by atoms with Gasteiger partial charge in [-0.2, -0.15) is 0 Å². The molecule has 0 aliphatic rings. The number of aliphatic hydroxyl groups excluding tert-OH is 1. The summed E-state index contributed by atoms with van der Waals surface area (Å²) in [6.45, 7) is 3.33. The summed E-state index contributed by atoms with van der Waals surface area (Å²) in [6.07, 6.45) is 0.554. The fraction of sp³-hybridized carbons (Fsp3) is 0.100. The fourth-order valence-corrected chi connectivity index (χ4v) is 0.939. The lowest BCUT2D eigenvalue weighted by molar-refractivity contribution is 0.224. The van der Waals surface area contributed by atoms with Crippen LogP contribution in [0.2, 0.25) is 0 Å². The first-order valence-electron chi connectivity index (χ1n) is 3.57. The number of benzene rings is 1. The van der Waals surface area contributed by atoms with Crippen LogP contribution >= 0.6 is 0 Å². The van der Waals surface area contributed by atoms with Gasteiger partial charge in [0.1, 0.15) is 11.9 Å². The summed E-state index contributed by atoms with van der Waals surface area (Å²) in [6, 6.07) is 6.61. The molecule has 1 atom stereocenters. The lowest BCUT2D eigenvalue weighted by Crippen LogP contribution is -1.92. The molecule has 0 spiro atoms. The highest BCUT2D eigenvalue weighted by Crippen LogP contribution is 2.23. The molecule has 0 amide bonds. The SMILES string of the molecule is C=C=CC(O)c1ccccc1O. The first-order valence-corrected chi connectivity index (χ1v) is 3.57. The molecule has 2 heteroatoms. The summed E-state index contributed by atoms with van der Waals surface area (Å²) in [4.78, 5) is 0. The number of phenols is 1. The van der Waals surface area contributed by atoms with E-state index in [2.05, 4.69) is 12.3 Å². The molecular weight excluding hydrogens is 152 g/mol. The largest absolute Gasteiger partial charge is 0.508 e. The van der Waals surface area contributed by atoms with Crippen molar-refractivity contribution >= 4 is 0 Å². The van der Waals surface area contributed by atoms with E-state index in [0.717, 1.165) is 0 Å². The van der Waals surface area contributed by atoms with Gasteiger partial charge in [0.25, 0.3) is 0 Å². The van der Waals surface area contributed by atoms with Crippen molar-refractivity contribution in [1.29, 1.82) is 0 Å². The summed E-state index contributed by atoms with van der Waals surface area (Å²) >= 11 is 0. The maximum Gasteiger partial charge on any atom is 0.121 e. The average Bonchev–Trinajstić information content (AvgIpc) is 2.05. The zero-order chi connectivity index (χ0) is 8.97. The van der Waals surface area contributed by atoms with Gasteiger partial charge in [0.15, 0.2) is 0 Å². The van der Waals surface area contributed by atoms with Gasteiger partial charge in [0.2, 0.25) is 0 Å². The number of para-hydroxylation sites is 1. The van der Waals surface area contributed by atoms with Crippen LogP contribution in [-0.4, -0.2) is 10.2 Å². The molecule has 0 radical (unpaired) electrons. The van der Waals surface area contributed by atoms with Crippen LogP contribution in [0.4, 0.5) is 0 Å². The number of hydrogen-bond donors (Lipinski definition) is 2.